The van der Waals surface area contributed by atoms with Crippen LogP contribution < -0.4 is 4.90 Å². The summed E-state index contributed by atoms with van der Waals surface area (Å²) < 4.78 is 13.2. The van der Waals surface area contributed by atoms with Crippen LogP contribution in [0, 0.1) is 5.82 Å². The Morgan fingerprint density at radius 3 is 2.44 bits per heavy atom. The van der Waals surface area contributed by atoms with Gasteiger partial charge < -0.3 is 9.80 Å². The molecule has 132 valence electrons. The van der Waals surface area contributed by atoms with E-state index in [1.54, 1.807) is 12.1 Å². The zero-order chi connectivity index (χ0) is 17.2. The molecule has 4 rings (SSSR count). The fourth-order valence-electron chi connectivity index (χ4n) is 4.50. The van der Waals surface area contributed by atoms with Gasteiger partial charge in [-0.3, -0.25) is 0 Å². The van der Waals surface area contributed by atoms with Crippen molar-refractivity contribution >= 4 is 5.69 Å². The van der Waals surface area contributed by atoms with E-state index in [2.05, 4.69) is 41.0 Å². The van der Waals surface area contributed by atoms with Crippen LogP contribution in [0.2, 0.25) is 0 Å². The summed E-state index contributed by atoms with van der Waals surface area (Å²) >= 11 is 0. The number of para-hydroxylation sites is 1. The molecule has 0 radical (unpaired) electrons. The van der Waals surface area contributed by atoms with E-state index in [9.17, 15) is 4.39 Å². The highest BCUT2D eigenvalue weighted by molar-refractivity contribution is 5.61. The minimum Gasteiger partial charge on any atom is -0.368 e. The first kappa shape index (κ1) is 16.6. The topological polar surface area (TPSA) is 6.48 Å². The van der Waals surface area contributed by atoms with Crippen molar-refractivity contribution in [2.75, 3.05) is 31.1 Å². The van der Waals surface area contributed by atoms with Crippen LogP contribution in [0.1, 0.15) is 36.8 Å². The van der Waals surface area contributed by atoms with Crippen molar-refractivity contribution in [1.29, 1.82) is 0 Å². The van der Waals surface area contributed by atoms with Gasteiger partial charge >= 0.3 is 0 Å². The highest BCUT2D eigenvalue weighted by Crippen LogP contribution is 2.40. The van der Waals surface area contributed by atoms with Gasteiger partial charge in [0.15, 0.2) is 0 Å². The Balaban J connectivity index is 1.52. The Bertz CT molecular complexity index is 704. The molecule has 2 aliphatic heterocycles. The van der Waals surface area contributed by atoms with E-state index >= 15 is 0 Å². The predicted octanol–water partition coefficient (Wildman–Crippen LogP) is 4.46. The first-order valence-corrected chi connectivity index (χ1v) is 9.57. The lowest BCUT2D eigenvalue weighted by Gasteiger charge is -2.38. The number of hydrogen-bond acceptors (Lipinski definition) is 2. The molecule has 1 fully saturated rings. The number of anilines is 1. The van der Waals surface area contributed by atoms with Crippen molar-refractivity contribution in [2.45, 2.75) is 38.1 Å². The Hall–Kier alpha value is -1.87. The maximum Gasteiger partial charge on any atom is 0.123 e. The summed E-state index contributed by atoms with van der Waals surface area (Å²) in [4.78, 5) is 5.20. The number of rotatable bonds is 4. The average Bonchev–Trinajstić information content (AvgIpc) is 3.02. The standard InChI is InChI=1S/C22H27FN2/c1-2-24-13-11-20(12-14-24)25-16-18(21-5-3-4-6-22(21)25)15-17-7-9-19(23)10-8-17/h3-10,18,20H,2,11-16H2,1H3. The monoisotopic (exact) mass is 338 g/mol. The maximum atomic E-state index is 13.2. The van der Waals surface area contributed by atoms with Crippen molar-refractivity contribution in [1.82, 2.24) is 4.90 Å². The molecule has 1 saturated heterocycles. The molecule has 2 aliphatic rings. The molecule has 1 unspecified atom stereocenters. The van der Waals surface area contributed by atoms with E-state index in [1.807, 2.05) is 12.1 Å². The lowest BCUT2D eigenvalue weighted by molar-refractivity contribution is 0.219. The van der Waals surface area contributed by atoms with Crippen LogP contribution in [-0.4, -0.2) is 37.1 Å². The molecule has 25 heavy (non-hydrogen) atoms. The van der Waals surface area contributed by atoms with E-state index in [0.29, 0.717) is 12.0 Å². The molecule has 0 bridgehead atoms. The van der Waals surface area contributed by atoms with Gasteiger partial charge in [-0.25, -0.2) is 4.39 Å². The van der Waals surface area contributed by atoms with E-state index in [1.165, 1.54) is 42.7 Å². The van der Waals surface area contributed by atoms with Gasteiger partial charge in [-0.2, -0.15) is 0 Å². The molecule has 0 saturated carbocycles. The maximum absolute atomic E-state index is 13.2. The van der Waals surface area contributed by atoms with Crippen LogP contribution in [0.15, 0.2) is 48.5 Å². The number of nitrogens with zero attached hydrogens (tertiary/aromatic N) is 2. The molecule has 0 amide bonds. The van der Waals surface area contributed by atoms with Gasteiger partial charge in [-0.1, -0.05) is 37.3 Å². The second-order valence-corrected chi connectivity index (χ2v) is 7.40. The van der Waals surface area contributed by atoms with Crippen molar-refractivity contribution in [2.24, 2.45) is 0 Å². The summed E-state index contributed by atoms with van der Waals surface area (Å²) in [5, 5.41) is 0. The molecule has 0 aliphatic carbocycles. The molecule has 1 atom stereocenters. The normalized spacial score (nSPS) is 21.5. The number of likely N-dealkylation sites (tertiary alicyclic amines) is 1. The summed E-state index contributed by atoms with van der Waals surface area (Å²) in [6.45, 7) is 6.93. The molecule has 2 heterocycles. The van der Waals surface area contributed by atoms with Crippen molar-refractivity contribution in [3.05, 3.63) is 65.5 Å². The Labute approximate surface area is 150 Å². The lowest BCUT2D eigenvalue weighted by atomic mass is 9.94. The fourth-order valence-corrected chi connectivity index (χ4v) is 4.50. The fraction of sp³-hybridized carbons (Fsp3) is 0.455. The molecule has 2 aromatic rings. The molecule has 2 nitrogen and oxygen atoms in total. The van der Waals surface area contributed by atoms with Gasteiger partial charge in [0.1, 0.15) is 5.82 Å². The van der Waals surface area contributed by atoms with Crippen LogP contribution in [0.4, 0.5) is 10.1 Å². The second kappa shape index (κ2) is 7.17. The van der Waals surface area contributed by atoms with Gasteiger partial charge in [0, 0.05) is 37.3 Å². The second-order valence-electron chi connectivity index (χ2n) is 7.40. The molecule has 0 N–H and O–H groups in total. The summed E-state index contributed by atoms with van der Waals surface area (Å²) in [6.07, 6.45) is 3.50. The van der Waals surface area contributed by atoms with Crippen LogP contribution in [0.5, 0.6) is 0 Å². The third-order valence-electron chi connectivity index (χ3n) is 5.94. The Morgan fingerprint density at radius 2 is 1.72 bits per heavy atom. The van der Waals surface area contributed by atoms with Crippen LogP contribution in [0.25, 0.3) is 0 Å². The smallest absolute Gasteiger partial charge is 0.123 e. The third-order valence-corrected chi connectivity index (χ3v) is 5.94. The van der Waals surface area contributed by atoms with Crippen molar-refractivity contribution < 1.29 is 4.39 Å². The highest BCUT2D eigenvalue weighted by Gasteiger charge is 2.33. The molecule has 0 aromatic heterocycles. The number of hydrogen-bond donors (Lipinski definition) is 0. The number of fused-ring (bicyclic) bond motifs is 1. The largest absolute Gasteiger partial charge is 0.368 e. The van der Waals surface area contributed by atoms with Gasteiger partial charge in [-0.15, -0.1) is 0 Å². The zero-order valence-electron chi connectivity index (χ0n) is 15.0. The number of piperidine rings is 1. The summed E-state index contributed by atoms with van der Waals surface area (Å²) in [5.74, 6) is 0.353. The minimum atomic E-state index is -0.153. The molecule has 0 spiro atoms. The summed E-state index contributed by atoms with van der Waals surface area (Å²) in [7, 11) is 0. The molecule has 2 aromatic carbocycles. The van der Waals surface area contributed by atoms with E-state index in [0.717, 1.165) is 19.5 Å². The Kier molecular flexibility index (Phi) is 4.76. The van der Waals surface area contributed by atoms with E-state index in [-0.39, 0.29) is 5.82 Å². The molecule has 3 heteroatoms. The van der Waals surface area contributed by atoms with Gasteiger partial charge in [0.2, 0.25) is 0 Å². The average molecular weight is 338 g/mol. The quantitative estimate of drug-likeness (QED) is 0.812. The summed E-state index contributed by atoms with van der Waals surface area (Å²) in [6, 6.07) is 16.6. The highest BCUT2D eigenvalue weighted by atomic mass is 19.1. The molecular weight excluding hydrogens is 311 g/mol. The first-order chi connectivity index (χ1) is 12.2. The SMILES string of the molecule is CCN1CCC(N2CC(Cc3ccc(F)cc3)c3ccccc32)CC1. The van der Waals surface area contributed by atoms with Crippen LogP contribution >= 0.6 is 0 Å². The first-order valence-electron chi connectivity index (χ1n) is 9.57. The summed E-state index contributed by atoms with van der Waals surface area (Å²) in [5.41, 5.74) is 4.11. The lowest BCUT2D eigenvalue weighted by Crippen LogP contribution is -2.44. The third kappa shape index (κ3) is 3.43. The Morgan fingerprint density at radius 1 is 1.00 bits per heavy atom. The van der Waals surface area contributed by atoms with E-state index < -0.39 is 0 Å². The van der Waals surface area contributed by atoms with Gasteiger partial charge in [0.05, 0.1) is 0 Å². The van der Waals surface area contributed by atoms with Crippen molar-refractivity contribution in [3.8, 4) is 0 Å². The van der Waals surface area contributed by atoms with Crippen molar-refractivity contribution in [3.63, 3.8) is 0 Å². The predicted molar refractivity (Wildman–Crippen MR) is 102 cm³/mol. The van der Waals surface area contributed by atoms with Gasteiger partial charge in [0.25, 0.3) is 0 Å². The van der Waals surface area contributed by atoms with Crippen LogP contribution in [-0.2, 0) is 6.42 Å². The zero-order valence-corrected chi connectivity index (χ0v) is 15.0. The molecular formula is C22H27FN2. The van der Waals surface area contributed by atoms with E-state index in [4.69, 9.17) is 0 Å². The van der Waals surface area contributed by atoms with Crippen LogP contribution in [0.3, 0.4) is 0 Å². The minimum absolute atomic E-state index is 0.153. The number of benzene rings is 2. The number of halogens is 1. The van der Waals surface area contributed by atoms with Gasteiger partial charge in [-0.05, 0) is 55.1 Å².